The van der Waals surface area contributed by atoms with Crippen molar-refractivity contribution in [1.82, 2.24) is 15.0 Å². The number of carbonyl (C=O) groups excluding carboxylic acids is 2. The Hall–Kier alpha value is -2.31. The molecule has 2 saturated heterocycles. The predicted molar refractivity (Wildman–Crippen MR) is 120 cm³/mol. The Morgan fingerprint density at radius 1 is 1.33 bits per heavy atom. The third-order valence-corrected chi connectivity index (χ3v) is 6.26. The number of hydrogen-bond acceptors (Lipinski definition) is 9. The van der Waals surface area contributed by atoms with E-state index < -0.39 is 0 Å². The summed E-state index contributed by atoms with van der Waals surface area (Å²) in [6.07, 6.45) is 3.36. The molecule has 0 unspecified atom stereocenters. The van der Waals surface area contributed by atoms with Crippen LogP contribution >= 0.6 is 35.3 Å². The van der Waals surface area contributed by atoms with E-state index in [4.69, 9.17) is 21.7 Å². The van der Waals surface area contributed by atoms with Gasteiger partial charge >= 0.3 is 0 Å². The van der Waals surface area contributed by atoms with E-state index in [1.807, 2.05) is 23.2 Å². The zero-order valence-electron chi connectivity index (χ0n) is 15.8. The second-order valence-electron chi connectivity index (χ2n) is 6.27. The van der Waals surface area contributed by atoms with Crippen molar-refractivity contribution in [3.63, 3.8) is 0 Å². The number of para-hydroxylation sites is 1. The van der Waals surface area contributed by atoms with Gasteiger partial charge in [0, 0.05) is 30.2 Å². The number of aromatic nitrogens is 1. The van der Waals surface area contributed by atoms with E-state index in [1.54, 1.807) is 28.7 Å². The van der Waals surface area contributed by atoms with Gasteiger partial charge in [-0.3, -0.25) is 14.9 Å². The number of morpholine rings is 1. The van der Waals surface area contributed by atoms with Gasteiger partial charge in [-0.25, -0.2) is 15.0 Å². The molecule has 0 bridgehead atoms. The first-order valence-corrected chi connectivity index (χ1v) is 11.2. The molecule has 8 nitrogen and oxygen atoms in total. The predicted octanol–water partition coefficient (Wildman–Crippen LogP) is 2.61. The number of nitrogens with zero attached hydrogens (tertiary/aromatic N) is 3. The van der Waals surface area contributed by atoms with Crippen LogP contribution in [-0.2, 0) is 14.3 Å². The van der Waals surface area contributed by atoms with Crippen LogP contribution in [0.2, 0.25) is 0 Å². The van der Waals surface area contributed by atoms with Gasteiger partial charge in [0.1, 0.15) is 5.75 Å². The number of thiocarbonyl (C=S) groups is 1. The van der Waals surface area contributed by atoms with Crippen LogP contribution in [0.4, 0.5) is 5.13 Å². The third kappa shape index (κ3) is 4.87. The minimum atomic E-state index is -0.307. The molecule has 30 heavy (non-hydrogen) atoms. The highest BCUT2D eigenvalue weighted by atomic mass is 32.2. The Bertz CT molecular complexity index is 974. The fourth-order valence-corrected chi connectivity index (χ4v) is 4.76. The molecule has 3 heterocycles. The number of benzene rings is 1. The highest BCUT2D eigenvalue weighted by Crippen LogP contribution is 2.35. The summed E-state index contributed by atoms with van der Waals surface area (Å²) in [5, 5.41) is 8.42. The van der Waals surface area contributed by atoms with Crippen LogP contribution in [0.1, 0.15) is 5.56 Å². The molecule has 4 rings (SSSR count). The number of rotatable bonds is 6. The van der Waals surface area contributed by atoms with Crippen LogP contribution in [-0.4, -0.2) is 64.0 Å². The quantitative estimate of drug-likeness (QED) is 0.518. The summed E-state index contributed by atoms with van der Waals surface area (Å²) in [5.74, 6) is 0.0324. The first-order valence-electron chi connectivity index (χ1n) is 9.13. The second-order valence-corrected chi connectivity index (χ2v) is 8.84. The molecule has 0 saturated carbocycles. The zero-order valence-corrected chi connectivity index (χ0v) is 18.2. The molecule has 2 aromatic rings. The van der Waals surface area contributed by atoms with E-state index in [2.05, 4.69) is 10.3 Å². The van der Waals surface area contributed by atoms with Gasteiger partial charge in [-0.1, -0.05) is 42.2 Å². The SMILES string of the molecule is O=C(COc1ccccc1/C=C1\SC(=S)N(N2CCOCC2)C1=O)Nc1nccs1. The molecule has 0 aliphatic carbocycles. The monoisotopic (exact) mass is 462 g/mol. The Morgan fingerprint density at radius 2 is 2.13 bits per heavy atom. The van der Waals surface area contributed by atoms with E-state index in [9.17, 15) is 9.59 Å². The molecule has 156 valence electrons. The molecule has 1 aromatic carbocycles. The second kappa shape index (κ2) is 9.67. The van der Waals surface area contributed by atoms with Crippen molar-refractivity contribution in [3.05, 3.63) is 46.3 Å². The summed E-state index contributed by atoms with van der Waals surface area (Å²) in [4.78, 5) is 29.5. The molecular formula is C19H18N4O4S3. The number of ether oxygens (including phenoxy) is 2. The summed E-state index contributed by atoms with van der Waals surface area (Å²) in [5.41, 5.74) is 0.696. The summed E-state index contributed by atoms with van der Waals surface area (Å²) in [6.45, 7) is 2.20. The molecule has 0 atom stereocenters. The van der Waals surface area contributed by atoms with Crippen LogP contribution in [0.3, 0.4) is 0 Å². The Labute approximate surface area is 186 Å². The number of carbonyl (C=O) groups is 2. The number of amides is 2. The van der Waals surface area contributed by atoms with E-state index in [1.165, 1.54) is 23.1 Å². The summed E-state index contributed by atoms with van der Waals surface area (Å²) < 4.78 is 11.5. The Balaban J connectivity index is 1.45. The number of hydrazine groups is 1. The molecule has 1 aromatic heterocycles. The standard InChI is InChI=1S/C19H18N4O4S3/c24-16(21-18-20-5-10-29-18)12-27-14-4-2-1-3-13(14)11-15-17(25)23(19(28)30-15)22-6-8-26-9-7-22/h1-5,10-11H,6-9,12H2,(H,20,21,24)/b15-11-. The van der Waals surface area contributed by atoms with Crippen LogP contribution in [0.15, 0.2) is 40.7 Å². The average molecular weight is 463 g/mol. The van der Waals surface area contributed by atoms with Gasteiger partial charge in [0.2, 0.25) is 0 Å². The van der Waals surface area contributed by atoms with Gasteiger partial charge in [0.15, 0.2) is 16.1 Å². The largest absolute Gasteiger partial charge is 0.483 e. The molecule has 1 N–H and O–H groups in total. The van der Waals surface area contributed by atoms with Gasteiger partial charge < -0.3 is 9.47 Å². The molecule has 0 radical (unpaired) electrons. The molecule has 11 heteroatoms. The lowest BCUT2D eigenvalue weighted by Crippen LogP contribution is -2.50. The first kappa shape index (κ1) is 20.9. The summed E-state index contributed by atoms with van der Waals surface area (Å²) >= 11 is 8.00. The highest BCUT2D eigenvalue weighted by molar-refractivity contribution is 8.26. The molecule has 2 amide bonds. The lowest BCUT2D eigenvalue weighted by molar-refractivity contribution is -0.138. The molecule has 2 fully saturated rings. The third-order valence-electron chi connectivity index (χ3n) is 4.29. The van der Waals surface area contributed by atoms with E-state index in [0.29, 0.717) is 52.0 Å². The topological polar surface area (TPSA) is 84.0 Å². The molecule has 2 aliphatic rings. The number of thioether (sulfide) groups is 1. The Kier molecular flexibility index (Phi) is 6.75. The summed E-state index contributed by atoms with van der Waals surface area (Å²) in [6, 6.07) is 7.24. The van der Waals surface area contributed by atoms with Gasteiger partial charge in [0.25, 0.3) is 11.8 Å². The molecule has 2 aliphatic heterocycles. The van der Waals surface area contributed by atoms with Crippen molar-refractivity contribution in [2.75, 3.05) is 38.2 Å². The van der Waals surface area contributed by atoms with Gasteiger partial charge in [-0.05, 0) is 12.1 Å². The van der Waals surface area contributed by atoms with Crippen molar-refractivity contribution >= 4 is 62.7 Å². The fourth-order valence-electron chi connectivity index (χ4n) is 2.91. The van der Waals surface area contributed by atoms with Crippen molar-refractivity contribution in [3.8, 4) is 5.75 Å². The lowest BCUT2D eigenvalue weighted by Gasteiger charge is -2.33. The average Bonchev–Trinajstić information content (AvgIpc) is 3.35. The zero-order chi connectivity index (χ0) is 20.9. The smallest absolute Gasteiger partial charge is 0.280 e. The van der Waals surface area contributed by atoms with Crippen LogP contribution in [0.25, 0.3) is 6.08 Å². The van der Waals surface area contributed by atoms with Gasteiger partial charge in [-0.15, -0.1) is 11.3 Å². The minimum Gasteiger partial charge on any atom is -0.483 e. The van der Waals surface area contributed by atoms with Crippen molar-refractivity contribution in [2.45, 2.75) is 0 Å². The molecular weight excluding hydrogens is 444 g/mol. The first-order chi connectivity index (χ1) is 14.6. The van der Waals surface area contributed by atoms with Gasteiger partial charge in [0.05, 0.1) is 18.1 Å². The van der Waals surface area contributed by atoms with Crippen molar-refractivity contribution in [1.29, 1.82) is 0 Å². The number of hydrogen-bond donors (Lipinski definition) is 1. The van der Waals surface area contributed by atoms with Crippen LogP contribution in [0.5, 0.6) is 5.75 Å². The highest BCUT2D eigenvalue weighted by Gasteiger charge is 2.37. The van der Waals surface area contributed by atoms with Crippen molar-refractivity contribution < 1.29 is 19.1 Å². The van der Waals surface area contributed by atoms with Crippen LogP contribution < -0.4 is 10.1 Å². The maximum absolute atomic E-state index is 12.9. The lowest BCUT2D eigenvalue weighted by atomic mass is 10.2. The maximum Gasteiger partial charge on any atom is 0.280 e. The Morgan fingerprint density at radius 3 is 2.90 bits per heavy atom. The van der Waals surface area contributed by atoms with E-state index >= 15 is 0 Å². The van der Waals surface area contributed by atoms with E-state index in [0.717, 1.165) is 0 Å². The number of anilines is 1. The van der Waals surface area contributed by atoms with Crippen molar-refractivity contribution in [2.24, 2.45) is 0 Å². The number of nitrogens with one attached hydrogen (secondary N) is 1. The van der Waals surface area contributed by atoms with Gasteiger partial charge in [-0.2, -0.15) is 0 Å². The summed E-state index contributed by atoms with van der Waals surface area (Å²) in [7, 11) is 0. The fraction of sp³-hybridized carbons (Fsp3) is 0.263. The normalized spacial score (nSPS) is 18.8. The van der Waals surface area contributed by atoms with Crippen LogP contribution in [0, 0.1) is 0 Å². The maximum atomic E-state index is 12.9. The number of thiazole rings is 1. The minimum absolute atomic E-state index is 0.164. The van der Waals surface area contributed by atoms with E-state index in [-0.39, 0.29) is 18.4 Å². The molecule has 0 spiro atoms.